The number of nitrogens with zero attached hydrogens (tertiary/aromatic N) is 2. The lowest BCUT2D eigenvalue weighted by Crippen LogP contribution is -2.20. The van der Waals surface area contributed by atoms with Crippen LogP contribution < -0.4 is 5.43 Å². The van der Waals surface area contributed by atoms with Crippen LogP contribution in [0.1, 0.15) is 22.8 Å². The largest absolute Gasteiger partial charge is 0.507 e. The van der Waals surface area contributed by atoms with Gasteiger partial charge in [0.1, 0.15) is 5.75 Å². The number of carbonyl (C=O) groups excluding carboxylic acids is 1. The van der Waals surface area contributed by atoms with E-state index >= 15 is 0 Å². The fourth-order valence-electron chi connectivity index (χ4n) is 3.25. The highest BCUT2D eigenvalue weighted by Gasteiger charge is 2.16. The van der Waals surface area contributed by atoms with E-state index in [-0.39, 0.29) is 5.75 Å². The van der Waals surface area contributed by atoms with E-state index in [0.717, 1.165) is 0 Å². The summed E-state index contributed by atoms with van der Waals surface area (Å²) >= 11 is 18.4. The number of hydrogen-bond acceptors (Lipinski definition) is 4. The summed E-state index contributed by atoms with van der Waals surface area (Å²) in [6.07, 6.45) is 0. The molecule has 0 atom stereocenters. The zero-order valence-electron chi connectivity index (χ0n) is 16.7. The second-order valence-electron chi connectivity index (χ2n) is 7.00. The molecule has 8 heteroatoms. The Balaban J connectivity index is 1.74. The van der Waals surface area contributed by atoms with E-state index in [4.69, 9.17) is 34.8 Å². The number of aromatic hydroxyl groups is 1. The molecule has 5 nitrogen and oxygen atoms in total. The molecule has 4 aromatic rings. The Bertz CT molecular complexity index is 1390. The quantitative estimate of drug-likeness (QED) is 0.249. The van der Waals surface area contributed by atoms with Crippen LogP contribution >= 0.6 is 34.8 Å². The fraction of sp³-hybridized carbons (Fsp3) is 0.0417. The summed E-state index contributed by atoms with van der Waals surface area (Å²) in [4.78, 5) is 17.7. The summed E-state index contributed by atoms with van der Waals surface area (Å²) in [6, 6.07) is 18.7. The summed E-state index contributed by atoms with van der Waals surface area (Å²) < 4.78 is 0. The first kappa shape index (κ1) is 22.1. The number of aromatic nitrogens is 1. The highest BCUT2D eigenvalue weighted by atomic mass is 35.5. The number of rotatable bonds is 4. The molecule has 0 aliphatic carbocycles. The maximum atomic E-state index is 13.1. The third kappa shape index (κ3) is 4.55. The molecule has 0 fully saturated rings. The van der Waals surface area contributed by atoms with Gasteiger partial charge in [-0.1, -0.05) is 53.0 Å². The molecule has 0 spiro atoms. The molecule has 1 amide bonds. The number of nitrogens with one attached hydrogen (secondary N) is 1. The first-order valence-electron chi connectivity index (χ1n) is 9.52. The Kier molecular flexibility index (Phi) is 6.33. The van der Waals surface area contributed by atoms with Gasteiger partial charge in [0, 0.05) is 26.6 Å². The van der Waals surface area contributed by atoms with Crippen LogP contribution in [0.2, 0.25) is 15.1 Å². The second kappa shape index (κ2) is 9.17. The highest BCUT2D eigenvalue weighted by Crippen LogP contribution is 2.32. The average Bonchev–Trinajstić information content (AvgIpc) is 2.78. The SMILES string of the molecule is C/C(=N/NC(=O)c1cc(-c2ccc(Cl)cc2Cl)nc2ccccc12)c1cc(Cl)ccc1O. The van der Waals surface area contributed by atoms with Gasteiger partial charge >= 0.3 is 0 Å². The van der Waals surface area contributed by atoms with Crippen LogP contribution in [-0.2, 0) is 0 Å². The van der Waals surface area contributed by atoms with E-state index < -0.39 is 5.91 Å². The van der Waals surface area contributed by atoms with Crippen LogP contribution in [0.25, 0.3) is 22.2 Å². The molecule has 1 aromatic heterocycles. The van der Waals surface area contributed by atoms with Gasteiger partial charge in [-0.05, 0) is 55.5 Å². The number of pyridine rings is 1. The predicted molar refractivity (Wildman–Crippen MR) is 130 cm³/mol. The van der Waals surface area contributed by atoms with Gasteiger partial charge < -0.3 is 5.11 Å². The molecule has 2 N–H and O–H groups in total. The molecule has 0 aliphatic heterocycles. The Labute approximate surface area is 199 Å². The molecule has 0 saturated heterocycles. The van der Waals surface area contributed by atoms with Crippen molar-refractivity contribution in [2.45, 2.75) is 6.92 Å². The number of hydrogen-bond donors (Lipinski definition) is 2. The van der Waals surface area contributed by atoms with Crippen molar-refractivity contribution < 1.29 is 9.90 Å². The lowest BCUT2D eigenvalue weighted by molar-refractivity contribution is 0.0956. The molecule has 32 heavy (non-hydrogen) atoms. The van der Waals surface area contributed by atoms with Crippen molar-refractivity contribution in [1.82, 2.24) is 10.4 Å². The molecular formula is C24H16Cl3N3O2. The van der Waals surface area contributed by atoms with Gasteiger partial charge in [0.05, 0.1) is 27.5 Å². The van der Waals surface area contributed by atoms with Crippen LogP contribution in [-0.4, -0.2) is 21.7 Å². The van der Waals surface area contributed by atoms with E-state index in [1.54, 1.807) is 43.3 Å². The number of carbonyl (C=O) groups is 1. The minimum Gasteiger partial charge on any atom is -0.507 e. The van der Waals surface area contributed by atoms with Crippen molar-refractivity contribution in [2.24, 2.45) is 5.10 Å². The van der Waals surface area contributed by atoms with E-state index in [1.165, 1.54) is 6.07 Å². The van der Waals surface area contributed by atoms with Crippen molar-refractivity contribution >= 4 is 57.3 Å². The number of amides is 1. The highest BCUT2D eigenvalue weighted by molar-refractivity contribution is 6.36. The topological polar surface area (TPSA) is 74.6 Å². The number of phenolic OH excluding ortho intramolecular Hbond substituents is 1. The van der Waals surface area contributed by atoms with Crippen LogP contribution in [0.3, 0.4) is 0 Å². The number of hydrazone groups is 1. The average molecular weight is 485 g/mol. The molecule has 0 radical (unpaired) electrons. The van der Waals surface area contributed by atoms with Gasteiger partial charge in [-0.2, -0.15) is 5.10 Å². The van der Waals surface area contributed by atoms with Crippen molar-refractivity contribution in [3.8, 4) is 17.0 Å². The van der Waals surface area contributed by atoms with Crippen LogP contribution in [0, 0.1) is 0 Å². The zero-order chi connectivity index (χ0) is 22.8. The molecule has 0 saturated carbocycles. The molecule has 0 aliphatic rings. The fourth-order valence-corrected chi connectivity index (χ4v) is 3.93. The standard InChI is InChI=1S/C24H16Cl3N3O2/c1-13(18-10-14(25)7-9-23(18)31)29-30-24(32)19-12-22(17-8-6-15(26)11-20(17)27)28-21-5-3-2-4-16(19)21/h2-12,31H,1H3,(H,30,32)/b29-13-. The molecule has 0 unspecified atom stereocenters. The third-order valence-corrected chi connectivity index (χ3v) is 5.62. The summed E-state index contributed by atoms with van der Waals surface area (Å²) in [6.45, 7) is 1.66. The first-order chi connectivity index (χ1) is 15.3. The molecular weight excluding hydrogens is 469 g/mol. The van der Waals surface area contributed by atoms with Crippen LogP contribution in [0.15, 0.2) is 71.8 Å². The number of halogens is 3. The molecule has 4 rings (SSSR count). The minimum atomic E-state index is -0.434. The van der Waals surface area contributed by atoms with Crippen molar-refractivity contribution in [2.75, 3.05) is 0 Å². The van der Waals surface area contributed by atoms with Crippen molar-refractivity contribution in [1.29, 1.82) is 0 Å². The smallest absolute Gasteiger partial charge is 0.272 e. The number of para-hydroxylation sites is 1. The molecule has 160 valence electrons. The predicted octanol–water partition coefficient (Wildman–Crippen LogP) is 6.72. The Morgan fingerprint density at radius 3 is 2.44 bits per heavy atom. The Hall–Kier alpha value is -3.12. The van der Waals surface area contributed by atoms with E-state index in [1.807, 2.05) is 24.3 Å². The normalized spacial score (nSPS) is 11.6. The summed E-state index contributed by atoms with van der Waals surface area (Å²) in [5.74, 6) is -0.422. The van der Waals surface area contributed by atoms with Crippen molar-refractivity contribution in [3.63, 3.8) is 0 Å². The van der Waals surface area contributed by atoms with Gasteiger partial charge in [0.2, 0.25) is 0 Å². The summed E-state index contributed by atoms with van der Waals surface area (Å²) in [7, 11) is 0. The maximum absolute atomic E-state index is 13.1. The molecule has 0 bridgehead atoms. The van der Waals surface area contributed by atoms with Gasteiger partial charge in [0.15, 0.2) is 0 Å². The van der Waals surface area contributed by atoms with Gasteiger partial charge in [-0.25, -0.2) is 10.4 Å². The number of phenols is 1. The molecule has 1 heterocycles. The third-order valence-electron chi connectivity index (χ3n) is 4.84. The zero-order valence-corrected chi connectivity index (χ0v) is 19.0. The van der Waals surface area contributed by atoms with Crippen LogP contribution in [0.4, 0.5) is 0 Å². The van der Waals surface area contributed by atoms with E-state index in [9.17, 15) is 9.90 Å². The lowest BCUT2D eigenvalue weighted by Gasteiger charge is -2.11. The summed E-state index contributed by atoms with van der Waals surface area (Å²) in [5.41, 5.74) is 5.57. The lowest BCUT2D eigenvalue weighted by atomic mass is 10.0. The Morgan fingerprint density at radius 2 is 1.66 bits per heavy atom. The maximum Gasteiger partial charge on any atom is 0.272 e. The minimum absolute atomic E-state index is 0.0129. The van der Waals surface area contributed by atoms with Crippen LogP contribution in [0.5, 0.6) is 5.75 Å². The monoisotopic (exact) mass is 483 g/mol. The van der Waals surface area contributed by atoms with Crippen molar-refractivity contribution in [3.05, 3.63) is 92.9 Å². The van der Waals surface area contributed by atoms with Gasteiger partial charge in [0.25, 0.3) is 5.91 Å². The second-order valence-corrected chi connectivity index (χ2v) is 8.28. The van der Waals surface area contributed by atoms with E-state index in [2.05, 4.69) is 15.5 Å². The Morgan fingerprint density at radius 1 is 0.938 bits per heavy atom. The first-order valence-corrected chi connectivity index (χ1v) is 10.7. The summed E-state index contributed by atoms with van der Waals surface area (Å²) in [5, 5.41) is 16.2. The van der Waals surface area contributed by atoms with E-state index in [0.29, 0.717) is 54.1 Å². The number of fused-ring (bicyclic) bond motifs is 1. The molecule has 3 aromatic carbocycles. The van der Waals surface area contributed by atoms with Gasteiger partial charge in [-0.3, -0.25) is 4.79 Å². The van der Waals surface area contributed by atoms with Gasteiger partial charge in [-0.15, -0.1) is 0 Å². The number of benzene rings is 3.